The fraction of sp³-hybridized carbons (Fsp3) is 0.867. The molecular formula is C15H25NO3. The molecule has 0 aliphatic heterocycles. The number of carbonyl (C=O) groups is 2. The Labute approximate surface area is 115 Å². The summed E-state index contributed by atoms with van der Waals surface area (Å²) in [6, 6.07) is -0.209. The molecule has 2 fully saturated rings. The van der Waals surface area contributed by atoms with E-state index in [0.29, 0.717) is 12.3 Å². The standard InChI is InChI=1S/C15H25NO3/c1-10-6-5-7-11(10)13(17)16-12-8-3-4-9-15(12,2)14(18)19/h10-12H,3-9H2,1-2H3,(H,16,17)(H,18,19). The summed E-state index contributed by atoms with van der Waals surface area (Å²) in [7, 11) is 0. The van der Waals surface area contributed by atoms with E-state index in [-0.39, 0.29) is 17.9 Å². The maximum absolute atomic E-state index is 12.3. The number of aliphatic carboxylic acids is 1. The second-order valence-electron chi connectivity index (χ2n) is 6.54. The minimum atomic E-state index is -0.796. The molecule has 108 valence electrons. The number of carboxylic acid groups (broad SMARTS) is 1. The molecule has 0 bridgehead atoms. The third-order valence-corrected chi connectivity index (χ3v) is 5.21. The van der Waals surface area contributed by atoms with Crippen molar-refractivity contribution in [2.45, 2.75) is 64.8 Å². The maximum atomic E-state index is 12.3. The minimum Gasteiger partial charge on any atom is -0.481 e. The van der Waals surface area contributed by atoms with Crippen LogP contribution in [0.25, 0.3) is 0 Å². The smallest absolute Gasteiger partial charge is 0.311 e. The SMILES string of the molecule is CC1CCCC1C(=O)NC1CCCCC1(C)C(=O)O. The normalized spacial score (nSPS) is 38.9. The summed E-state index contributed by atoms with van der Waals surface area (Å²) in [4.78, 5) is 23.8. The monoisotopic (exact) mass is 267 g/mol. The molecule has 4 unspecified atom stereocenters. The lowest BCUT2D eigenvalue weighted by atomic mass is 9.71. The molecule has 0 saturated heterocycles. The molecule has 2 saturated carbocycles. The molecule has 2 N–H and O–H groups in total. The van der Waals surface area contributed by atoms with E-state index in [0.717, 1.165) is 38.5 Å². The van der Waals surface area contributed by atoms with Crippen LogP contribution in [0.5, 0.6) is 0 Å². The van der Waals surface area contributed by atoms with E-state index in [9.17, 15) is 14.7 Å². The number of carboxylic acids is 1. The van der Waals surface area contributed by atoms with Gasteiger partial charge in [-0.1, -0.05) is 26.2 Å². The first-order chi connectivity index (χ1) is 8.95. The van der Waals surface area contributed by atoms with Crippen molar-refractivity contribution in [2.24, 2.45) is 17.3 Å². The molecular weight excluding hydrogens is 242 g/mol. The molecule has 0 aromatic rings. The van der Waals surface area contributed by atoms with Gasteiger partial charge in [-0.15, -0.1) is 0 Å². The first kappa shape index (κ1) is 14.4. The van der Waals surface area contributed by atoms with E-state index in [2.05, 4.69) is 12.2 Å². The molecule has 1 amide bonds. The van der Waals surface area contributed by atoms with Gasteiger partial charge in [0.1, 0.15) is 0 Å². The second kappa shape index (κ2) is 5.51. The van der Waals surface area contributed by atoms with Gasteiger partial charge in [-0.3, -0.25) is 9.59 Å². The third kappa shape index (κ3) is 2.77. The predicted octanol–water partition coefficient (Wildman–Crippen LogP) is 2.57. The van der Waals surface area contributed by atoms with Crippen LogP contribution in [0, 0.1) is 17.3 Å². The van der Waals surface area contributed by atoms with Gasteiger partial charge in [-0.05, 0) is 38.5 Å². The van der Waals surface area contributed by atoms with Crippen molar-refractivity contribution in [1.82, 2.24) is 5.32 Å². The minimum absolute atomic E-state index is 0.0735. The lowest BCUT2D eigenvalue weighted by molar-refractivity contribution is -0.152. The zero-order valence-corrected chi connectivity index (χ0v) is 11.9. The van der Waals surface area contributed by atoms with Crippen LogP contribution in [0.4, 0.5) is 0 Å². The molecule has 0 spiro atoms. The fourth-order valence-corrected chi connectivity index (χ4v) is 3.63. The molecule has 0 radical (unpaired) electrons. The van der Waals surface area contributed by atoms with Crippen LogP contribution in [0.2, 0.25) is 0 Å². The number of carbonyl (C=O) groups excluding carboxylic acids is 1. The molecule has 2 rings (SSSR count). The Hall–Kier alpha value is -1.06. The first-order valence-electron chi connectivity index (χ1n) is 7.49. The van der Waals surface area contributed by atoms with Gasteiger partial charge in [-0.2, -0.15) is 0 Å². The van der Waals surface area contributed by atoms with Gasteiger partial charge in [0.15, 0.2) is 0 Å². The Morgan fingerprint density at radius 3 is 2.47 bits per heavy atom. The molecule has 2 aliphatic rings. The van der Waals surface area contributed by atoms with Crippen LogP contribution in [0.3, 0.4) is 0 Å². The molecule has 0 aromatic heterocycles. The first-order valence-corrected chi connectivity index (χ1v) is 7.49. The summed E-state index contributed by atoms with van der Waals surface area (Å²) >= 11 is 0. The van der Waals surface area contributed by atoms with E-state index in [1.165, 1.54) is 0 Å². The predicted molar refractivity (Wildman–Crippen MR) is 72.6 cm³/mol. The largest absolute Gasteiger partial charge is 0.481 e. The van der Waals surface area contributed by atoms with Gasteiger partial charge in [0, 0.05) is 12.0 Å². The second-order valence-corrected chi connectivity index (χ2v) is 6.54. The summed E-state index contributed by atoms with van der Waals surface area (Å²) in [6.07, 6.45) is 6.56. The van der Waals surface area contributed by atoms with Crippen LogP contribution >= 0.6 is 0 Å². The number of amides is 1. The van der Waals surface area contributed by atoms with Gasteiger partial charge in [-0.25, -0.2) is 0 Å². The van der Waals surface area contributed by atoms with Crippen LogP contribution in [0.1, 0.15) is 58.8 Å². The molecule has 4 atom stereocenters. The molecule has 4 heteroatoms. The summed E-state index contributed by atoms with van der Waals surface area (Å²) < 4.78 is 0. The van der Waals surface area contributed by atoms with Crippen molar-refractivity contribution in [3.63, 3.8) is 0 Å². The highest BCUT2D eigenvalue weighted by molar-refractivity contribution is 5.82. The van der Waals surface area contributed by atoms with Crippen LogP contribution in [-0.2, 0) is 9.59 Å². The van der Waals surface area contributed by atoms with Crippen molar-refractivity contribution in [2.75, 3.05) is 0 Å². The molecule has 2 aliphatic carbocycles. The van der Waals surface area contributed by atoms with Gasteiger partial charge in [0.05, 0.1) is 5.41 Å². The average Bonchev–Trinajstić information content (AvgIpc) is 2.78. The Kier molecular flexibility index (Phi) is 4.16. The van der Waals surface area contributed by atoms with Crippen LogP contribution < -0.4 is 5.32 Å². The number of nitrogens with one attached hydrogen (secondary N) is 1. The average molecular weight is 267 g/mol. The molecule has 0 aromatic carbocycles. The zero-order valence-electron chi connectivity index (χ0n) is 11.9. The summed E-state index contributed by atoms with van der Waals surface area (Å²) in [5, 5.41) is 12.5. The van der Waals surface area contributed by atoms with Crippen molar-refractivity contribution in [3.8, 4) is 0 Å². The number of rotatable bonds is 3. The molecule has 0 heterocycles. The highest BCUT2D eigenvalue weighted by Gasteiger charge is 2.44. The van der Waals surface area contributed by atoms with Crippen LogP contribution in [-0.4, -0.2) is 23.0 Å². The highest BCUT2D eigenvalue weighted by atomic mass is 16.4. The lowest BCUT2D eigenvalue weighted by Crippen LogP contribution is -2.53. The van der Waals surface area contributed by atoms with E-state index in [1.807, 2.05) is 0 Å². The van der Waals surface area contributed by atoms with Crippen LogP contribution in [0.15, 0.2) is 0 Å². The highest BCUT2D eigenvalue weighted by Crippen LogP contribution is 2.37. The number of hydrogen-bond donors (Lipinski definition) is 2. The Morgan fingerprint density at radius 2 is 1.89 bits per heavy atom. The van der Waals surface area contributed by atoms with E-state index in [1.54, 1.807) is 6.92 Å². The van der Waals surface area contributed by atoms with Crippen molar-refractivity contribution in [1.29, 1.82) is 0 Å². The third-order valence-electron chi connectivity index (χ3n) is 5.21. The fourth-order valence-electron chi connectivity index (χ4n) is 3.63. The van der Waals surface area contributed by atoms with Gasteiger partial charge >= 0.3 is 5.97 Å². The van der Waals surface area contributed by atoms with Gasteiger partial charge in [0.25, 0.3) is 0 Å². The van der Waals surface area contributed by atoms with Gasteiger partial charge in [0.2, 0.25) is 5.91 Å². The lowest BCUT2D eigenvalue weighted by Gasteiger charge is -2.39. The summed E-state index contributed by atoms with van der Waals surface area (Å²) in [5.74, 6) is -0.194. The van der Waals surface area contributed by atoms with E-state index >= 15 is 0 Å². The molecule has 4 nitrogen and oxygen atoms in total. The molecule has 19 heavy (non-hydrogen) atoms. The van der Waals surface area contributed by atoms with E-state index < -0.39 is 11.4 Å². The Balaban J connectivity index is 2.03. The summed E-state index contributed by atoms with van der Waals surface area (Å²) in [6.45, 7) is 3.89. The topological polar surface area (TPSA) is 66.4 Å². The van der Waals surface area contributed by atoms with E-state index in [4.69, 9.17) is 0 Å². The zero-order chi connectivity index (χ0) is 14.0. The van der Waals surface area contributed by atoms with Gasteiger partial charge < -0.3 is 10.4 Å². The Bertz CT molecular complexity index is 368. The number of hydrogen-bond acceptors (Lipinski definition) is 2. The summed E-state index contributed by atoms with van der Waals surface area (Å²) in [5.41, 5.74) is -0.796. The van der Waals surface area contributed by atoms with Crippen molar-refractivity contribution < 1.29 is 14.7 Å². The quantitative estimate of drug-likeness (QED) is 0.826. The Morgan fingerprint density at radius 1 is 1.16 bits per heavy atom. The van der Waals surface area contributed by atoms with Crippen molar-refractivity contribution in [3.05, 3.63) is 0 Å². The maximum Gasteiger partial charge on any atom is 0.311 e. The van der Waals surface area contributed by atoms with Crippen molar-refractivity contribution >= 4 is 11.9 Å².